The summed E-state index contributed by atoms with van der Waals surface area (Å²) in [5.41, 5.74) is 0.814. The number of ether oxygens (including phenoxy) is 1. The van der Waals surface area contributed by atoms with Gasteiger partial charge in [-0.25, -0.2) is 8.42 Å². The summed E-state index contributed by atoms with van der Waals surface area (Å²) < 4.78 is 33.3. The molecule has 1 aliphatic heterocycles. The summed E-state index contributed by atoms with van der Waals surface area (Å²) in [5.74, 6) is -0.0957. The number of anilines is 1. The molecule has 0 radical (unpaired) electrons. The van der Waals surface area contributed by atoms with Crippen LogP contribution in [0.3, 0.4) is 0 Å². The smallest absolute Gasteiger partial charge is 0.263 e. The third-order valence-corrected chi connectivity index (χ3v) is 6.73. The van der Waals surface area contributed by atoms with E-state index in [-0.39, 0.29) is 27.0 Å². The zero-order valence-electron chi connectivity index (χ0n) is 15.9. The Morgan fingerprint density at radius 2 is 1.93 bits per heavy atom. The highest BCUT2D eigenvalue weighted by molar-refractivity contribution is 7.92. The van der Waals surface area contributed by atoms with Crippen molar-refractivity contribution >= 4 is 44.8 Å². The van der Waals surface area contributed by atoms with Crippen molar-refractivity contribution in [2.24, 2.45) is 0 Å². The van der Waals surface area contributed by atoms with Gasteiger partial charge in [-0.3, -0.25) is 9.52 Å². The lowest BCUT2D eigenvalue weighted by Crippen LogP contribution is -2.43. The van der Waals surface area contributed by atoms with Gasteiger partial charge in [-0.05, 0) is 62.2 Å². The number of benzene rings is 2. The predicted molar refractivity (Wildman–Crippen MR) is 114 cm³/mol. The molecule has 1 heterocycles. The maximum Gasteiger partial charge on any atom is 0.263 e. The molecule has 9 heteroatoms. The normalized spacial score (nSPS) is 17.2. The first-order chi connectivity index (χ1) is 13.8. The summed E-state index contributed by atoms with van der Waals surface area (Å²) in [4.78, 5) is 14.4. The Morgan fingerprint density at radius 1 is 1.21 bits per heavy atom. The number of rotatable bonds is 6. The fourth-order valence-corrected chi connectivity index (χ4v) is 5.07. The number of nitrogens with zero attached hydrogens (tertiary/aromatic N) is 1. The monoisotopic (exact) mass is 456 g/mol. The van der Waals surface area contributed by atoms with Gasteiger partial charge in [-0.1, -0.05) is 23.2 Å². The average Bonchev–Trinajstić information content (AvgIpc) is 2.70. The van der Waals surface area contributed by atoms with Crippen molar-refractivity contribution in [1.82, 2.24) is 4.90 Å². The van der Waals surface area contributed by atoms with E-state index in [1.165, 1.54) is 18.2 Å². The van der Waals surface area contributed by atoms with Crippen LogP contribution in [-0.2, 0) is 14.8 Å². The highest BCUT2D eigenvalue weighted by atomic mass is 35.5. The first-order valence-corrected chi connectivity index (χ1v) is 11.5. The Hall–Kier alpha value is -1.80. The number of hydrogen-bond acceptors (Lipinski definition) is 4. The van der Waals surface area contributed by atoms with Crippen LogP contribution in [0.2, 0.25) is 10.0 Å². The minimum absolute atomic E-state index is 0.0613. The van der Waals surface area contributed by atoms with Crippen molar-refractivity contribution in [2.75, 3.05) is 24.4 Å². The van der Waals surface area contributed by atoms with E-state index in [1.807, 2.05) is 6.92 Å². The molecule has 1 saturated heterocycles. The number of piperidine rings is 1. The summed E-state index contributed by atoms with van der Waals surface area (Å²) in [6.45, 7) is 3.81. The molecule has 0 saturated carbocycles. The van der Waals surface area contributed by atoms with Crippen molar-refractivity contribution in [3.63, 3.8) is 0 Å². The Bertz CT molecular complexity index is 978. The number of halogens is 2. The Labute approximate surface area is 180 Å². The summed E-state index contributed by atoms with van der Waals surface area (Å²) in [6.07, 6.45) is 1.91. The lowest BCUT2D eigenvalue weighted by Gasteiger charge is -2.32. The van der Waals surface area contributed by atoms with Crippen LogP contribution in [0.5, 0.6) is 0 Å². The number of likely N-dealkylation sites (tertiary alicyclic amines) is 1. The quantitative estimate of drug-likeness (QED) is 0.696. The Balaban J connectivity index is 1.71. The fraction of sp³-hybridized carbons (Fsp3) is 0.350. The van der Waals surface area contributed by atoms with Crippen LogP contribution in [0, 0.1) is 0 Å². The van der Waals surface area contributed by atoms with Crippen LogP contribution in [0.15, 0.2) is 47.4 Å². The molecule has 0 bridgehead atoms. The van der Waals surface area contributed by atoms with Crippen molar-refractivity contribution in [2.45, 2.75) is 30.8 Å². The highest BCUT2D eigenvalue weighted by Crippen LogP contribution is 2.27. The number of carbonyl (C=O) groups is 1. The van der Waals surface area contributed by atoms with Crippen LogP contribution in [0.4, 0.5) is 5.69 Å². The van der Waals surface area contributed by atoms with Gasteiger partial charge in [0.15, 0.2) is 0 Å². The van der Waals surface area contributed by atoms with Crippen LogP contribution < -0.4 is 4.72 Å². The van der Waals surface area contributed by atoms with E-state index in [0.29, 0.717) is 30.9 Å². The molecule has 1 fully saturated rings. The van der Waals surface area contributed by atoms with E-state index in [0.717, 1.165) is 12.8 Å². The van der Waals surface area contributed by atoms with Crippen molar-refractivity contribution in [1.29, 1.82) is 0 Å². The minimum Gasteiger partial charge on any atom is -0.377 e. The van der Waals surface area contributed by atoms with Crippen molar-refractivity contribution in [3.8, 4) is 0 Å². The molecule has 2 aromatic rings. The standard InChI is InChI=1S/C20H22Cl2N2O4S/c1-2-28-17-4-3-11-24(13-17)20(25)14-5-8-16(9-6-14)23-29(26,27)19-12-15(21)7-10-18(19)22/h5-10,12,17,23H,2-4,11,13H2,1H3. The number of nitrogens with one attached hydrogen (secondary N) is 1. The molecule has 1 unspecified atom stereocenters. The lowest BCUT2D eigenvalue weighted by molar-refractivity contribution is 0.00724. The zero-order chi connectivity index (χ0) is 21.0. The van der Waals surface area contributed by atoms with E-state index in [1.54, 1.807) is 29.2 Å². The molecule has 1 atom stereocenters. The second-order valence-electron chi connectivity index (χ2n) is 6.73. The van der Waals surface area contributed by atoms with Crippen LogP contribution in [0.25, 0.3) is 0 Å². The molecule has 1 aliphatic rings. The average molecular weight is 457 g/mol. The summed E-state index contributed by atoms with van der Waals surface area (Å²) in [5, 5.41) is 0.338. The molecule has 6 nitrogen and oxygen atoms in total. The van der Waals surface area contributed by atoms with Gasteiger partial charge < -0.3 is 9.64 Å². The maximum atomic E-state index is 12.7. The van der Waals surface area contributed by atoms with Gasteiger partial charge >= 0.3 is 0 Å². The lowest BCUT2D eigenvalue weighted by atomic mass is 10.1. The molecular weight excluding hydrogens is 435 g/mol. The summed E-state index contributed by atoms with van der Waals surface area (Å²) in [7, 11) is -3.91. The van der Waals surface area contributed by atoms with E-state index in [9.17, 15) is 13.2 Å². The molecule has 2 aromatic carbocycles. The number of amides is 1. The van der Waals surface area contributed by atoms with Gasteiger partial charge in [0.25, 0.3) is 15.9 Å². The minimum atomic E-state index is -3.91. The highest BCUT2D eigenvalue weighted by Gasteiger charge is 2.25. The van der Waals surface area contributed by atoms with Crippen molar-refractivity contribution < 1.29 is 17.9 Å². The molecule has 1 amide bonds. The largest absolute Gasteiger partial charge is 0.377 e. The van der Waals surface area contributed by atoms with Gasteiger partial charge in [-0.2, -0.15) is 0 Å². The maximum absolute atomic E-state index is 12.7. The molecule has 3 rings (SSSR count). The molecule has 0 aromatic heterocycles. The van der Waals surface area contributed by atoms with Gasteiger partial charge in [0.2, 0.25) is 0 Å². The van der Waals surface area contributed by atoms with Crippen LogP contribution in [-0.4, -0.2) is 45.0 Å². The molecule has 0 aliphatic carbocycles. The Morgan fingerprint density at radius 3 is 2.62 bits per heavy atom. The molecular formula is C20H22Cl2N2O4S. The second-order valence-corrected chi connectivity index (χ2v) is 9.22. The first-order valence-electron chi connectivity index (χ1n) is 9.29. The topological polar surface area (TPSA) is 75.7 Å². The summed E-state index contributed by atoms with van der Waals surface area (Å²) in [6, 6.07) is 10.5. The fourth-order valence-electron chi connectivity index (χ4n) is 3.25. The SMILES string of the molecule is CCOC1CCCN(C(=O)c2ccc(NS(=O)(=O)c3cc(Cl)ccc3Cl)cc2)C1. The third-order valence-electron chi connectivity index (χ3n) is 4.63. The van der Waals surface area contributed by atoms with Crippen LogP contribution in [0.1, 0.15) is 30.1 Å². The number of sulfonamides is 1. The molecule has 156 valence electrons. The van der Waals surface area contributed by atoms with E-state index < -0.39 is 10.0 Å². The second kappa shape index (κ2) is 9.34. The van der Waals surface area contributed by atoms with Gasteiger partial charge in [-0.15, -0.1) is 0 Å². The van der Waals surface area contributed by atoms with Crippen molar-refractivity contribution in [3.05, 3.63) is 58.1 Å². The molecule has 29 heavy (non-hydrogen) atoms. The van der Waals surface area contributed by atoms with E-state index >= 15 is 0 Å². The molecule has 1 N–H and O–H groups in total. The van der Waals surface area contributed by atoms with Crippen LogP contribution >= 0.6 is 23.2 Å². The van der Waals surface area contributed by atoms with Gasteiger partial charge in [0.1, 0.15) is 4.90 Å². The number of hydrogen-bond donors (Lipinski definition) is 1. The number of carbonyl (C=O) groups excluding carboxylic acids is 1. The zero-order valence-corrected chi connectivity index (χ0v) is 18.2. The van der Waals surface area contributed by atoms with E-state index in [4.69, 9.17) is 27.9 Å². The predicted octanol–water partition coefficient (Wildman–Crippen LogP) is 4.44. The Kier molecular flexibility index (Phi) is 7.05. The first kappa shape index (κ1) is 21.9. The summed E-state index contributed by atoms with van der Waals surface area (Å²) >= 11 is 11.9. The van der Waals surface area contributed by atoms with Gasteiger partial charge in [0, 0.05) is 36.0 Å². The van der Waals surface area contributed by atoms with Gasteiger partial charge in [0.05, 0.1) is 11.1 Å². The van der Waals surface area contributed by atoms with E-state index in [2.05, 4.69) is 4.72 Å². The third kappa shape index (κ3) is 5.42. The molecule has 0 spiro atoms.